The molecule has 27 heavy (non-hydrogen) atoms. The molecule has 7 heteroatoms. The predicted octanol–water partition coefficient (Wildman–Crippen LogP) is 3.42. The van der Waals surface area contributed by atoms with E-state index in [1.54, 1.807) is 6.26 Å². The summed E-state index contributed by atoms with van der Waals surface area (Å²) in [6.07, 6.45) is 1.63. The van der Waals surface area contributed by atoms with Gasteiger partial charge in [0.2, 0.25) is 0 Å². The number of furan rings is 1. The number of nitrogens with one attached hydrogen (secondary N) is 2. The highest BCUT2D eigenvalue weighted by Gasteiger charge is 2.15. The van der Waals surface area contributed by atoms with E-state index in [0.717, 1.165) is 22.4 Å². The van der Waals surface area contributed by atoms with Crippen molar-refractivity contribution in [2.75, 3.05) is 13.2 Å². The summed E-state index contributed by atoms with van der Waals surface area (Å²) in [5.74, 6) is 1.56. The first-order chi connectivity index (χ1) is 13.1. The molecule has 6 nitrogen and oxygen atoms in total. The maximum atomic E-state index is 12.6. The molecule has 142 valence electrons. The zero-order valence-corrected chi connectivity index (χ0v) is 16.3. The third kappa shape index (κ3) is 4.68. The molecule has 0 atom stereocenters. The third-order valence-electron chi connectivity index (χ3n) is 4.11. The number of H-pyrrole nitrogens is 1. The number of hydrogen-bond acceptors (Lipinski definition) is 4. The average Bonchev–Trinajstić information content (AvgIpc) is 3.15. The first-order valence-electron chi connectivity index (χ1n) is 8.94. The number of benzene rings is 1. The number of hydrogen-bond donors (Lipinski definition) is 2. The molecular formula is C20H23N3O3S. The van der Waals surface area contributed by atoms with Crippen molar-refractivity contribution in [2.45, 2.75) is 26.9 Å². The number of aromatic nitrogens is 1. The Labute approximate surface area is 163 Å². The number of pyridine rings is 1. The molecule has 0 amide bonds. The molecule has 0 aliphatic heterocycles. The molecule has 2 N–H and O–H groups in total. The van der Waals surface area contributed by atoms with Gasteiger partial charge in [-0.05, 0) is 62.5 Å². The van der Waals surface area contributed by atoms with Crippen molar-refractivity contribution in [2.24, 2.45) is 0 Å². The molecule has 0 saturated heterocycles. The number of thiocarbonyl (C=S) groups is 1. The Hall–Kier alpha value is -2.80. The highest BCUT2D eigenvalue weighted by Crippen LogP contribution is 2.20. The van der Waals surface area contributed by atoms with Gasteiger partial charge in [-0.3, -0.25) is 4.79 Å². The molecular weight excluding hydrogens is 362 g/mol. The quantitative estimate of drug-likeness (QED) is 0.608. The lowest BCUT2D eigenvalue weighted by Gasteiger charge is -2.24. The smallest absolute Gasteiger partial charge is 0.253 e. The molecule has 2 aromatic heterocycles. The van der Waals surface area contributed by atoms with Crippen LogP contribution < -0.4 is 15.6 Å². The standard InChI is InChI=1S/C20H23N3O3S/c1-3-21-20(27)23(13-17-6-5-9-26-17)12-15-10-14-11-16(25-4-2)7-8-18(14)22-19(15)24/h5-11H,3-4,12-13H2,1-2H3,(H,21,27)(H,22,24). The highest BCUT2D eigenvalue weighted by atomic mass is 32.1. The molecule has 0 spiro atoms. The van der Waals surface area contributed by atoms with Gasteiger partial charge >= 0.3 is 0 Å². The van der Waals surface area contributed by atoms with E-state index in [0.29, 0.717) is 36.9 Å². The zero-order valence-electron chi connectivity index (χ0n) is 15.5. The normalized spacial score (nSPS) is 10.7. The molecule has 0 fully saturated rings. The first-order valence-corrected chi connectivity index (χ1v) is 9.35. The second kappa shape index (κ2) is 8.73. The summed E-state index contributed by atoms with van der Waals surface area (Å²) in [6.45, 7) is 6.08. The van der Waals surface area contributed by atoms with Crippen molar-refractivity contribution in [3.63, 3.8) is 0 Å². The number of fused-ring (bicyclic) bond motifs is 1. The lowest BCUT2D eigenvalue weighted by atomic mass is 10.1. The van der Waals surface area contributed by atoms with Gasteiger partial charge in [0.05, 0.1) is 26.0 Å². The van der Waals surface area contributed by atoms with Crippen LogP contribution in [0.15, 0.2) is 51.9 Å². The van der Waals surface area contributed by atoms with Crippen LogP contribution in [0.4, 0.5) is 0 Å². The second-order valence-electron chi connectivity index (χ2n) is 6.08. The maximum Gasteiger partial charge on any atom is 0.253 e. The first kappa shape index (κ1) is 19.0. The number of rotatable bonds is 7. The van der Waals surface area contributed by atoms with E-state index in [9.17, 15) is 4.79 Å². The Morgan fingerprint density at radius 1 is 1.26 bits per heavy atom. The molecule has 3 aromatic rings. The van der Waals surface area contributed by atoms with Crippen LogP contribution in [-0.4, -0.2) is 28.1 Å². The Morgan fingerprint density at radius 2 is 2.11 bits per heavy atom. The largest absolute Gasteiger partial charge is 0.494 e. The van der Waals surface area contributed by atoms with Gasteiger partial charge in [0.15, 0.2) is 5.11 Å². The maximum absolute atomic E-state index is 12.6. The Kier molecular flexibility index (Phi) is 6.13. The summed E-state index contributed by atoms with van der Waals surface area (Å²) >= 11 is 5.48. The predicted molar refractivity (Wildman–Crippen MR) is 110 cm³/mol. The average molecular weight is 385 g/mol. The van der Waals surface area contributed by atoms with Crippen LogP contribution >= 0.6 is 12.2 Å². The molecule has 1 aromatic carbocycles. The third-order valence-corrected chi connectivity index (χ3v) is 4.51. The molecule has 0 unspecified atom stereocenters. The van der Waals surface area contributed by atoms with Crippen molar-refractivity contribution in [1.82, 2.24) is 15.2 Å². The van der Waals surface area contributed by atoms with E-state index in [2.05, 4.69) is 10.3 Å². The molecule has 0 bridgehead atoms. The van der Waals surface area contributed by atoms with Crippen LogP contribution in [0.5, 0.6) is 5.75 Å². The van der Waals surface area contributed by atoms with Crippen LogP contribution in [0.2, 0.25) is 0 Å². The van der Waals surface area contributed by atoms with Gasteiger partial charge in [0, 0.05) is 23.0 Å². The molecule has 0 saturated carbocycles. The monoisotopic (exact) mass is 385 g/mol. The number of nitrogens with zero attached hydrogens (tertiary/aromatic N) is 1. The van der Waals surface area contributed by atoms with E-state index >= 15 is 0 Å². The fourth-order valence-corrected chi connectivity index (χ4v) is 3.14. The number of aromatic amines is 1. The summed E-state index contributed by atoms with van der Waals surface area (Å²) in [5, 5.41) is 4.64. The van der Waals surface area contributed by atoms with E-state index in [4.69, 9.17) is 21.4 Å². The fourth-order valence-electron chi connectivity index (χ4n) is 2.86. The van der Waals surface area contributed by atoms with Gasteiger partial charge in [-0.25, -0.2) is 0 Å². The SMILES string of the molecule is CCNC(=S)N(Cc1ccco1)Cc1cc2cc(OCC)ccc2[nH]c1=O. The Morgan fingerprint density at radius 3 is 2.81 bits per heavy atom. The van der Waals surface area contributed by atoms with Crippen molar-refractivity contribution in [3.05, 3.63) is 64.3 Å². The lowest BCUT2D eigenvalue weighted by Crippen LogP contribution is -2.39. The van der Waals surface area contributed by atoms with E-state index in [1.165, 1.54) is 0 Å². The van der Waals surface area contributed by atoms with Crippen LogP contribution in [0.25, 0.3) is 10.9 Å². The van der Waals surface area contributed by atoms with Gasteiger partial charge < -0.3 is 24.4 Å². The van der Waals surface area contributed by atoms with E-state index in [-0.39, 0.29) is 5.56 Å². The molecule has 2 heterocycles. The van der Waals surface area contributed by atoms with Crippen molar-refractivity contribution in [3.8, 4) is 5.75 Å². The van der Waals surface area contributed by atoms with Gasteiger partial charge in [-0.2, -0.15) is 0 Å². The molecule has 3 rings (SSSR count). The van der Waals surface area contributed by atoms with Crippen molar-refractivity contribution < 1.29 is 9.15 Å². The Bertz CT molecular complexity index is 966. The van der Waals surface area contributed by atoms with Gasteiger partial charge in [-0.15, -0.1) is 0 Å². The fraction of sp³-hybridized carbons (Fsp3) is 0.300. The summed E-state index contributed by atoms with van der Waals surface area (Å²) < 4.78 is 11.0. The highest BCUT2D eigenvalue weighted by molar-refractivity contribution is 7.80. The van der Waals surface area contributed by atoms with Crippen LogP contribution in [-0.2, 0) is 13.1 Å². The minimum atomic E-state index is -0.129. The second-order valence-corrected chi connectivity index (χ2v) is 6.46. The van der Waals surface area contributed by atoms with Crippen LogP contribution in [0.3, 0.4) is 0 Å². The van der Waals surface area contributed by atoms with Crippen molar-refractivity contribution >= 4 is 28.2 Å². The number of ether oxygens (including phenoxy) is 1. The van der Waals surface area contributed by atoms with Crippen LogP contribution in [0.1, 0.15) is 25.2 Å². The zero-order chi connectivity index (χ0) is 19.2. The topological polar surface area (TPSA) is 70.5 Å². The summed E-state index contributed by atoms with van der Waals surface area (Å²) in [4.78, 5) is 17.4. The lowest BCUT2D eigenvalue weighted by molar-refractivity contribution is 0.340. The molecule has 0 aliphatic rings. The van der Waals surface area contributed by atoms with Crippen LogP contribution in [0, 0.1) is 0 Å². The summed E-state index contributed by atoms with van der Waals surface area (Å²) in [7, 11) is 0. The van der Waals surface area contributed by atoms with Gasteiger partial charge in [0.25, 0.3) is 5.56 Å². The molecule has 0 radical (unpaired) electrons. The minimum absolute atomic E-state index is 0.129. The van der Waals surface area contributed by atoms with E-state index in [1.807, 2.05) is 55.1 Å². The minimum Gasteiger partial charge on any atom is -0.494 e. The Balaban J connectivity index is 1.91. The van der Waals surface area contributed by atoms with Gasteiger partial charge in [-0.1, -0.05) is 0 Å². The van der Waals surface area contributed by atoms with E-state index < -0.39 is 0 Å². The summed E-state index contributed by atoms with van der Waals surface area (Å²) in [5.41, 5.74) is 1.28. The van der Waals surface area contributed by atoms with Gasteiger partial charge in [0.1, 0.15) is 11.5 Å². The molecule has 0 aliphatic carbocycles. The van der Waals surface area contributed by atoms with Crippen molar-refractivity contribution in [1.29, 1.82) is 0 Å². The summed E-state index contributed by atoms with van der Waals surface area (Å²) in [6, 6.07) is 11.3.